The highest BCUT2D eigenvalue weighted by molar-refractivity contribution is 6.28. The van der Waals surface area contributed by atoms with Gasteiger partial charge in [0.25, 0.3) is 0 Å². The third-order valence-corrected chi connectivity index (χ3v) is 2.33. The van der Waals surface area contributed by atoms with Crippen LogP contribution in [0.3, 0.4) is 0 Å². The van der Waals surface area contributed by atoms with Crippen LogP contribution < -0.4 is 4.90 Å². The van der Waals surface area contributed by atoms with Gasteiger partial charge in [0.15, 0.2) is 5.82 Å². The number of hydrogen-bond donors (Lipinski definition) is 0. The fourth-order valence-electron chi connectivity index (χ4n) is 1.33. The van der Waals surface area contributed by atoms with Gasteiger partial charge >= 0.3 is 0 Å². The van der Waals surface area contributed by atoms with Gasteiger partial charge < -0.3 is 4.90 Å². The van der Waals surface area contributed by atoms with Crippen molar-refractivity contribution in [3.05, 3.63) is 35.1 Å². The first-order valence-electron chi connectivity index (χ1n) is 5.01. The number of rotatable bonds is 2. The van der Waals surface area contributed by atoms with Gasteiger partial charge in [-0.2, -0.15) is 15.0 Å². The molecule has 0 N–H and O–H groups in total. The Kier molecular flexibility index (Phi) is 3.38. The largest absolute Gasteiger partial charge is 0.347 e. The van der Waals surface area contributed by atoms with E-state index in [-0.39, 0.29) is 22.6 Å². The zero-order valence-electron chi connectivity index (χ0n) is 9.65. The van der Waals surface area contributed by atoms with Crippen molar-refractivity contribution in [3.8, 4) is 11.4 Å². The Morgan fingerprint density at radius 3 is 2.50 bits per heavy atom. The average Bonchev–Trinajstić information content (AvgIpc) is 2.31. The first-order chi connectivity index (χ1) is 8.47. The van der Waals surface area contributed by atoms with Crippen molar-refractivity contribution in [2.45, 2.75) is 0 Å². The van der Waals surface area contributed by atoms with Crippen molar-refractivity contribution in [3.63, 3.8) is 0 Å². The minimum absolute atomic E-state index is 0.00398. The third kappa shape index (κ3) is 2.53. The molecule has 4 nitrogen and oxygen atoms in total. The van der Waals surface area contributed by atoms with Gasteiger partial charge in [-0.15, -0.1) is 0 Å². The Morgan fingerprint density at radius 1 is 1.11 bits per heavy atom. The molecule has 18 heavy (non-hydrogen) atoms. The summed E-state index contributed by atoms with van der Waals surface area (Å²) in [4.78, 5) is 13.3. The summed E-state index contributed by atoms with van der Waals surface area (Å²) in [5.41, 5.74) is -0.0533. The van der Waals surface area contributed by atoms with Crippen molar-refractivity contribution in [2.75, 3.05) is 19.0 Å². The predicted octanol–water partition coefficient (Wildman–Crippen LogP) is 2.54. The van der Waals surface area contributed by atoms with Crippen molar-refractivity contribution >= 4 is 17.5 Å². The molecular weight excluding hydrogens is 262 g/mol. The fourth-order valence-corrected chi connectivity index (χ4v) is 1.48. The number of nitrogens with zero attached hydrogens (tertiary/aromatic N) is 4. The van der Waals surface area contributed by atoms with E-state index in [9.17, 15) is 8.78 Å². The molecule has 94 valence electrons. The summed E-state index contributed by atoms with van der Waals surface area (Å²) in [6, 6.07) is 3.05. The molecule has 1 heterocycles. The van der Waals surface area contributed by atoms with Crippen LogP contribution in [-0.2, 0) is 0 Å². The molecule has 0 bridgehead atoms. The molecule has 0 atom stereocenters. The number of halogens is 3. The summed E-state index contributed by atoms with van der Waals surface area (Å²) in [5, 5.41) is -0.0765. The van der Waals surface area contributed by atoms with E-state index in [1.165, 1.54) is 0 Å². The summed E-state index contributed by atoms with van der Waals surface area (Å²) >= 11 is 5.73. The Labute approximate surface area is 107 Å². The first-order valence-corrected chi connectivity index (χ1v) is 5.39. The highest BCUT2D eigenvalue weighted by atomic mass is 35.5. The molecule has 1 aromatic heterocycles. The first kappa shape index (κ1) is 12.6. The van der Waals surface area contributed by atoms with Gasteiger partial charge in [0.2, 0.25) is 11.2 Å². The van der Waals surface area contributed by atoms with E-state index in [0.717, 1.165) is 18.2 Å². The Morgan fingerprint density at radius 2 is 1.83 bits per heavy atom. The van der Waals surface area contributed by atoms with Crippen LogP contribution in [0.2, 0.25) is 5.28 Å². The predicted molar refractivity (Wildman–Crippen MR) is 64.5 cm³/mol. The van der Waals surface area contributed by atoms with Crippen LogP contribution in [0.15, 0.2) is 18.2 Å². The number of anilines is 1. The van der Waals surface area contributed by atoms with E-state index >= 15 is 0 Å². The lowest BCUT2D eigenvalue weighted by molar-refractivity contribution is 0.602. The van der Waals surface area contributed by atoms with Gasteiger partial charge in [-0.05, 0) is 29.8 Å². The minimum atomic E-state index is -0.622. The van der Waals surface area contributed by atoms with Crippen molar-refractivity contribution in [1.82, 2.24) is 15.0 Å². The SMILES string of the molecule is CN(C)c1nc(Cl)nc(-c2cc(F)ccc2F)n1. The normalized spacial score (nSPS) is 10.5. The summed E-state index contributed by atoms with van der Waals surface area (Å²) in [6.45, 7) is 0. The molecule has 0 radical (unpaired) electrons. The molecule has 0 aliphatic carbocycles. The van der Waals surface area contributed by atoms with Gasteiger partial charge in [0.1, 0.15) is 11.6 Å². The fraction of sp³-hybridized carbons (Fsp3) is 0.182. The van der Waals surface area contributed by atoms with Gasteiger partial charge in [-0.25, -0.2) is 8.78 Å². The summed E-state index contributed by atoms with van der Waals surface area (Å²) < 4.78 is 26.7. The van der Waals surface area contributed by atoms with Gasteiger partial charge in [-0.1, -0.05) is 0 Å². The van der Waals surface area contributed by atoms with Crippen molar-refractivity contribution in [2.24, 2.45) is 0 Å². The zero-order valence-corrected chi connectivity index (χ0v) is 10.4. The minimum Gasteiger partial charge on any atom is -0.347 e. The molecule has 0 aliphatic rings. The summed E-state index contributed by atoms with van der Waals surface area (Å²) in [5.74, 6) is -0.929. The molecule has 0 saturated heterocycles. The highest BCUT2D eigenvalue weighted by Crippen LogP contribution is 2.22. The lowest BCUT2D eigenvalue weighted by Crippen LogP contribution is -2.14. The van der Waals surface area contributed by atoms with E-state index in [0.29, 0.717) is 0 Å². The molecule has 1 aromatic carbocycles. The quantitative estimate of drug-likeness (QED) is 0.841. The lowest BCUT2D eigenvalue weighted by Gasteiger charge is -2.11. The second-order valence-corrected chi connectivity index (χ2v) is 4.08. The average molecular weight is 271 g/mol. The molecule has 7 heteroatoms. The van der Waals surface area contributed by atoms with Crippen LogP contribution in [0.4, 0.5) is 14.7 Å². The van der Waals surface area contributed by atoms with E-state index in [4.69, 9.17) is 11.6 Å². The van der Waals surface area contributed by atoms with Crippen LogP contribution >= 0.6 is 11.6 Å². The van der Waals surface area contributed by atoms with Crippen molar-refractivity contribution in [1.29, 1.82) is 0 Å². The smallest absolute Gasteiger partial charge is 0.229 e. The lowest BCUT2D eigenvalue weighted by atomic mass is 10.2. The zero-order chi connectivity index (χ0) is 13.3. The summed E-state index contributed by atoms with van der Waals surface area (Å²) in [7, 11) is 3.41. The number of hydrogen-bond acceptors (Lipinski definition) is 4. The summed E-state index contributed by atoms with van der Waals surface area (Å²) in [6.07, 6.45) is 0. The highest BCUT2D eigenvalue weighted by Gasteiger charge is 2.13. The molecule has 2 rings (SSSR count). The van der Waals surface area contributed by atoms with Gasteiger partial charge in [0.05, 0.1) is 5.56 Å². The second-order valence-electron chi connectivity index (χ2n) is 3.75. The second kappa shape index (κ2) is 4.81. The van der Waals surface area contributed by atoms with Crippen LogP contribution in [0.25, 0.3) is 11.4 Å². The number of benzene rings is 1. The maximum atomic E-state index is 13.6. The standard InChI is InChI=1S/C11H9ClF2N4/c1-18(2)11-16-9(15-10(12)17-11)7-5-6(13)3-4-8(7)14/h3-5H,1-2H3. The van der Waals surface area contributed by atoms with Crippen LogP contribution in [0, 0.1) is 11.6 Å². The molecule has 0 unspecified atom stereocenters. The van der Waals surface area contributed by atoms with Gasteiger partial charge in [0, 0.05) is 14.1 Å². The van der Waals surface area contributed by atoms with E-state index in [1.54, 1.807) is 19.0 Å². The molecule has 0 spiro atoms. The monoisotopic (exact) mass is 270 g/mol. The van der Waals surface area contributed by atoms with Crippen LogP contribution in [0.1, 0.15) is 0 Å². The Hall–Kier alpha value is -1.82. The molecule has 0 aliphatic heterocycles. The topological polar surface area (TPSA) is 41.9 Å². The molecule has 2 aromatic rings. The Balaban J connectivity index is 2.60. The van der Waals surface area contributed by atoms with E-state index in [1.807, 2.05) is 0 Å². The molecule has 0 amide bonds. The van der Waals surface area contributed by atoms with Crippen molar-refractivity contribution < 1.29 is 8.78 Å². The maximum absolute atomic E-state index is 13.6. The van der Waals surface area contributed by atoms with E-state index < -0.39 is 11.6 Å². The van der Waals surface area contributed by atoms with Crippen LogP contribution in [-0.4, -0.2) is 29.0 Å². The van der Waals surface area contributed by atoms with Crippen LogP contribution in [0.5, 0.6) is 0 Å². The third-order valence-electron chi connectivity index (χ3n) is 2.17. The van der Waals surface area contributed by atoms with Gasteiger partial charge in [-0.3, -0.25) is 0 Å². The molecular formula is C11H9ClF2N4. The molecule has 0 saturated carbocycles. The maximum Gasteiger partial charge on any atom is 0.229 e. The van der Waals surface area contributed by atoms with E-state index in [2.05, 4.69) is 15.0 Å². The number of aromatic nitrogens is 3. The Bertz CT molecular complexity index is 589. The molecule has 0 fully saturated rings.